The van der Waals surface area contributed by atoms with E-state index in [0.29, 0.717) is 16.5 Å². The lowest BCUT2D eigenvalue weighted by Gasteiger charge is -2.14. The summed E-state index contributed by atoms with van der Waals surface area (Å²) in [5.74, 6) is -0.648. The number of rotatable bonds is 3. The van der Waals surface area contributed by atoms with Crippen molar-refractivity contribution in [1.82, 2.24) is 9.97 Å². The number of hydrogen-bond donors (Lipinski definition) is 2. The molecule has 0 aliphatic rings. The van der Waals surface area contributed by atoms with Gasteiger partial charge in [-0.2, -0.15) is 0 Å². The van der Waals surface area contributed by atoms with Gasteiger partial charge in [-0.1, -0.05) is 20.8 Å². The SMILES string of the molecule is Cc1cc(C)c(C(=O)O)c(Nc2nc(C(C)(C)C)cs2)n1. The molecule has 0 saturated carbocycles. The Kier molecular flexibility index (Phi) is 4.00. The van der Waals surface area contributed by atoms with E-state index in [4.69, 9.17) is 0 Å². The third-order valence-corrected chi connectivity index (χ3v) is 3.81. The molecule has 0 aliphatic heterocycles. The maximum atomic E-state index is 11.4. The highest BCUT2D eigenvalue weighted by molar-refractivity contribution is 7.13. The van der Waals surface area contributed by atoms with Gasteiger partial charge in [0.15, 0.2) is 5.13 Å². The standard InChI is InChI=1S/C15H19N3O2S/c1-8-6-9(2)16-12(11(8)13(19)20)18-14-17-10(7-21-14)15(3,4)5/h6-7H,1-5H3,(H,19,20)(H,16,17,18). The van der Waals surface area contributed by atoms with Crippen LogP contribution in [0, 0.1) is 13.8 Å². The summed E-state index contributed by atoms with van der Waals surface area (Å²) in [4.78, 5) is 20.2. The molecule has 21 heavy (non-hydrogen) atoms. The topological polar surface area (TPSA) is 75.1 Å². The minimum absolute atomic E-state index is 0.0397. The van der Waals surface area contributed by atoms with Gasteiger partial charge in [0.2, 0.25) is 0 Å². The van der Waals surface area contributed by atoms with E-state index in [1.165, 1.54) is 11.3 Å². The summed E-state index contributed by atoms with van der Waals surface area (Å²) >= 11 is 1.45. The molecule has 0 aromatic carbocycles. The summed E-state index contributed by atoms with van der Waals surface area (Å²) in [6.45, 7) is 9.87. The zero-order valence-corrected chi connectivity index (χ0v) is 13.6. The predicted octanol–water partition coefficient (Wildman–Crippen LogP) is 3.89. The van der Waals surface area contributed by atoms with E-state index < -0.39 is 5.97 Å². The Labute approximate surface area is 128 Å². The molecule has 2 aromatic heterocycles. The minimum Gasteiger partial charge on any atom is -0.478 e. The summed E-state index contributed by atoms with van der Waals surface area (Å²) in [5.41, 5.74) is 2.57. The van der Waals surface area contributed by atoms with Crippen molar-refractivity contribution in [3.8, 4) is 0 Å². The van der Waals surface area contributed by atoms with E-state index in [9.17, 15) is 9.90 Å². The summed E-state index contributed by atoms with van der Waals surface area (Å²) in [6.07, 6.45) is 0. The van der Waals surface area contributed by atoms with Gasteiger partial charge in [-0.05, 0) is 25.5 Å². The van der Waals surface area contributed by atoms with Crippen LogP contribution < -0.4 is 5.32 Å². The Morgan fingerprint density at radius 2 is 1.95 bits per heavy atom. The Morgan fingerprint density at radius 3 is 2.48 bits per heavy atom. The number of anilines is 2. The average molecular weight is 305 g/mol. The average Bonchev–Trinajstić information content (AvgIpc) is 2.75. The van der Waals surface area contributed by atoms with Crippen molar-refractivity contribution in [2.24, 2.45) is 0 Å². The van der Waals surface area contributed by atoms with Crippen molar-refractivity contribution in [2.75, 3.05) is 5.32 Å². The predicted molar refractivity (Wildman–Crippen MR) is 84.8 cm³/mol. The fourth-order valence-corrected chi connectivity index (χ4v) is 2.91. The second-order valence-corrected chi connectivity index (χ2v) is 6.88. The summed E-state index contributed by atoms with van der Waals surface area (Å²) in [7, 11) is 0. The third kappa shape index (κ3) is 3.39. The van der Waals surface area contributed by atoms with Gasteiger partial charge in [0.05, 0.1) is 5.69 Å². The number of nitrogens with zero attached hydrogens (tertiary/aromatic N) is 2. The van der Waals surface area contributed by atoms with Gasteiger partial charge in [-0.25, -0.2) is 14.8 Å². The summed E-state index contributed by atoms with van der Waals surface area (Å²) in [5, 5.41) is 15.0. The first-order valence-electron chi connectivity index (χ1n) is 6.63. The van der Waals surface area contributed by atoms with Crippen LogP contribution in [0.3, 0.4) is 0 Å². The Hall–Kier alpha value is -1.95. The molecule has 2 N–H and O–H groups in total. The summed E-state index contributed by atoms with van der Waals surface area (Å²) < 4.78 is 0. The maximum absolute atomic E-state index is 11.4. The smallest absolute Gasteiger partial charge is 0.339 e. The molecular weight excluding hydrogens is 286 g/mol. The highest BCUT2D eigenvalue weighted by Gasteiger charge is 2.20. The monoisotopic (exact) mass is 305 g/mol. The minimum atomic E-state index is -0.991. The number of carboxylic acids is 1. The molecule has 2 aromatic rings. The van der Waals surface area contributed by atoms with Gasteiger partial charge in [-0.3, -0.25) is 0 Å². The van der Waals surface area contributed by atoms with Gasteiger partial charge in [-0.15, -0.1) is 11.3 Å². The fraction of sp³-hybridized carbons (Fsp3) is 0.400. The molecule has 5 nitrogen and oxygen atoms in total. The molecule has 0 saturated heterocycles. The van der Waals surface area contributed by atoms with Crippen LogP contribution in [0.25, 0.3) is 0 Å². The second kappa shape index (κ2) is 5.44. The fourth-order valence-electron chi connectivity index (χ4n) is 1.97. The van der Waals surface area contributed by atoms with Crippen molar-refractivity contribution in [2.45, 2.75) is 40.0 Å². The summed E-state index contributed by atoms with van der Waals surface area (Å²) in [6, 6.07) is 1.76. The molecule has 0 aliphatic carbocycles. The first-order valence-corrected chi connectivity index (χ1v) is 7.51. The Balaban J connectivity index is 2.40. The normalized spacial score (nSPS) is 11.5. The molecule has 0 atom stereocenters. The lowest BCUT2D eigenvalue weighted by Crippen LogP contribution is -2.12. The molecule has 0 spiro atoms. The van der Waals surface area contributed by atoms with E-state index in [1.54, 1.807) is 13.0 Å². The number of aromatic carboxylic acids is 1. The van der Waals surface area contributed by atoms with Crippen LogP contribution in [0.15, 0.2) is 11.4 Å². The molecule has 2 heterocycles. The Bertz CT molecular complexity index is 687. The van der Waals surface area contributed by atoms with E-state index in [1.807, 2.05) is 12.3 Å². The largest absolute Gasteiger partial charge is 0.478 e. The molecule has 6 heteroatoms. The molecular formula is C15H19N3O2S. The van der Waals surface area contributed by atoms with E-state index in [0.717, 1.165) is 11.4 Å². The molecule has 0 unspecified atom stereocenters. The van der Waals surface area contributed by atoms with Crippen LogP contribution in [0.5, 0.6) is 0 Å². The van der Waals surface area contributed by atoms with Crippen molar-refractivity contribution in [3.05, 3.63) is 34.0 Å². The number of nitrogens with one attached hydrogen (secondary N) is 1. The van der Waals surface area contributed by atoms with Crippen LogP contribution >= 0.6 is 11.3 Å². The van der Waals surface area contributed by atoms with Gasteiger partial charge in [0.25, 0.3) is 0 Å². The quantitative estimate of drug-likeness (QED) is 0.899. The number of hydrogen-bond acceptors (Lipinski definition) is 5. The third-order valence-electron chi connectivity index (χ3n) is 3.06. The molecule has 0 radical (unpaired) electrons. The van der Waals surface area contributed by atoms with Crippen molar-refractivity contribution in [1.29, 1.82) is 0 Å². The van der Waals surface area contributed by atoms with E-state index in [-0.39, 0.29) is 11.0 Å². The number of thiazole rings is 1. The number of carbonyl (C=O) groups is 1. The molecule has 0 bridgehead atoms. The molecule has 0 fully saturated rings. The number of aromatic nitrogens is 2. The highest BCUT2D eigenvalue weighted by atomic mass is 32.1. The zero-order chi connectivity index (χ0) is 15.8. The zero-order valence-electron chi connectivity index (χ0n) is 12.8. The first-order chi connectivity index (χ1) is 9.68. The van der Waals surface area contributed by atoms with Crippen LogP contribution in [0.1, 0.15) is 48.1 Å². The molecule has 0 amide bonds. The van der Waals surface area contributed by atoms with Crippen molar-refractivity contribution >= 4 is 28.3 Å². The second-order valence-electron chi connectivity index (χ2n) is 6.02. The van der Waals surface area contributed by atoms with Crippen molar-refractivity contribution < 1.29 is 9.90 Å². The van der Waals surface area contributed by atoms with Crippen molar-refractivity contribution in [3.63, 3.8) is 0 Å². The Morgan fingerprint density at radius 1 is 1.29 bits per heavy atom. The number of aryl methyl sites for hydroxylation is 2. The number of pyridine rings is 1. The van der Waals surface area contributed by atoms with Crippen LogP contribution in [-0.2, 0) is 5.41 Å². The van der Waals surface area contributed by atoms with Gasteiger partial charge in [0, 0.05) is 16.5 Å². The lowest BCUT2D eigenvalue weighted by molar-refractivity contribution is 0.0697. The van der Waals surface area contributed by atoms with Gasteiger partial charge < -0.3 is 10.4 Å². The maximum Gasteiger partial charge on any atom is 0.339 e. The highest BCUT2D eigenvalue weighted by Crippen LogP contribution is 2.29. The van der Waals surface area contributed by atoms with Gasteiger partial charge >= 0.3 is 5.97 Å². The van der Waals surface area contributed by atoms with Gasteiger partial charge in [0.1, 0.15) is 11.4 Å². The van der Waals surface area contributed by atoms with E-state index >= 15 is 0 Å². The van der Waals surface area contributed by atoms with E-state index in [2.05, 4.69) is 36.1 Å². The lowest BCUT2D eigenvalue weighted by atomic mass is 9.93. The van der Waals surface area contributed by atoms with Crippen LogP contribution in [0.4, 0.5) is 10.9 Å². The molecule has 112 valence electrons. The molecule has 2 rings (SSSR count). The van der Waals surface area contributed by atoms with Crippen LogP contribution in [-0.4, -0.2) is 21.0 Å². The number of carboxylic acid groups (broad SMARTS) is 1. The first kappa shape index (κ1) is 15.4. The van der Waals surface area contributed by atoms with Crippen LogP contribution in [0.2, 0.25) is 0 Å².